The molecule has 70 valence electrons. The zero-order valence-corrected chi connectivity index (χ0v) is 8.06. The molecule has 0 amide bonds. The van der Waals surface area contributed by atoms with Crippen LogP contribution in [0.25, 0.3) is 0 Å². The van der Waals surface area contributed by atoms with E-state index in [1.807, 2.05) is 6.92 Å². The Bertz CT molecular complexity index is 150. The second-order valence-corrected chi connectivity index (χ2v) is 2.84. The van der Waals surface area contributed by atoms with Crippen LogP contribution in [0.1, 0.15) is 39.5 Å². The van der Waals surface area contributed by atoms with E-state index in [4.69, 9.17) is 4.74 Å². The third-order valence-electron chi connectivity index (χ3n) is 1.58. The van der Waals surface area contributed by atoms with E-state index in [-0.39, 0.29) is 5.97 Å². The van der Waals surface area contributed by atoms with E-state index >= 15 is 0 Å². The molecule has 0 aromatic carbocycles. The molecule has 0 aromatic rings. The Morgan fingerprint density at radius 3 is 2.58 bits per heavy atom. The average molecular weight is 170 g/mol. The van der Waals surface area contributed by atoms with Crippen molar-refractivity contribution >= 4 is 5.97 Å². The molecule has 0 N–H and O–H groups in total. The normalized spacial score (nSPS) is 9.50. The fraction of sp³-hybridized carbons (Fsp3) is 0.700. The van der Waals surface area contributed by atoms with Gasteiger partial charge < -0.3 is 4.74 Å². The van der Waals surface area contributed by atoms with Crippen molar-refractivity contribution in [2.45, 2.75) is 39.5 Å². The molecular weight excluding hydrogens is 152 g/mol. The van der Waals surface area contributed by atoms with Crippen LogP contribution in [-0.2, 0) is 9.53 Å². The molecule has 0 atom stereocenters. The summed E-state index contributed by atoms with van der Waals surface area (Å²) in [4.78, 5) is 10.9. The first kappa shape index (κ1) is 11.2. The van der Waals surface area contributed by atoms with E-state index in [2.05, 4.69) is 13.5 Å². The van der Waals surface area contributed by atoms with E-state index in [9.17, 15) is 4.79 Å². The van der Waals surface area contributed by atoms with Gasteiger partial charge in [-0.1, -0.05) is 25.5 Å². The van der Waals surface area contributed by atoms with E-state index in [1.165, 1.54) is 0 Å². The minimum Gasteiger partial charge on any atom is -0.466 e. The molecule has 0 aromatic heterocycles. The first-order chi connectivity index (χ1) is 5.70. The SMILES string of the molecule is C=C(CCCC)CC(=O)OCC. The van der Waals surface area contributed by atoms with E-state index < -0.39 is 0 Å². The summed E-state index contributed by atoms with van der Waals surface area (Å²) in [7, 11) is 0. The molecule has 12 heavy (non-hydrogen) atoms. The molecule has 0 heterocycles. The van der Waals surface area contributed by atoms with E-state index in [0.29, 0.717) is 13.0 Å². The maximum absolute atomic E-state index is 10.9. The zero-order valence-electron chi connectivity index (χ0n) is 8.06. The summed E-state index contributed by atoms with van der Waals surface area (Å²) < 4.78 is 4.79. The van der Waals surface area contributed by atoms with Crippen LogP contribution in [0.3, 0.4) is 0 Å². The smallest absolute Gasteiger partial charge is 0.309 e. The Morgan fingerprint density at radius 1 is 1.42 bits per heavy atom. The van der Waals surface area contributed by atoms with Gasteiger partial charge in [0.15, 0.2) is 0 Å². The Balaban J connectivity index is 3.47. The lowest BCUT2D eigenvalue weighted by atomic mass is 10.1. The van der Waals surface area contributed by atoms with Gasteiger partial charge >= 0.3 is 5.97 Å². The average Bonchev–Trinajstić information content (AvgIpc) is 2.01. The monoisotopic (exact) mass is 170 g/mol. The molecule has 0 aliphatic heterocycles. The highest BCUT2D eigenvalue weighted by atomic mass is 16.5. The van der Waals surface area contributed by atoms with Gasteiger partial charge in [-0.3, -0.25) is 4.79 Å². The van der Waals surface area contributed by atoms with Crippen LogP contribution in [0.5, 0.6) is 0 Å². The minimum absolute atomic E-state index is 0.154. The number of rotatable bonds is 6. The molecular formula is C10H18O2. The fourth-order valence-corrected chi connectivity index (χ4v) is 0.931. The molecule has 0 bridgehead atoms. The van der Waals surface area contributed by atoms with Crippen LogP contribution >= 0.6 is 0 Å². The standard InChI is InChI=1S/C10H18O2/c1-4-6-7-9(3)8-10(11)12-5-2/h3-8H2,1-2H3. The van der Waals surface area contributed by atoms with Gasteiger partial charge in [0, 0.05) is 0 Å². The number of carbonyl (C=O) groups is 1. The Kier molecular flexibility index (Phi) is 6.44. The van der Waals surface area contributed by atoms with Gasteiger partial charge in [0.2, 0.25) is 0 Å². The summed E-state index contributed by atoms with van der Waals surface area (Å²) in [6.45, 7) is 8.21. The maximum Gasteiger partial charge on any atom is 0.309 e. The molecule has 0 aliphatic carbocycles. The summed E-state index contributed by atoms with van der Waals surface area (Å²) in [6.07, 6.45) is 3.57. The van der Waals surface area contributed by atoms with Gasteiger partial charge in [-0.25, -0.2) is 0 Å². The van der Waals surface area contributed by atoms with Crippen LogP contribution in [0.2, 0.25) is 0 Å². The van der Waals surface area contributed by atoms with Crippen molar-refractivity contribution in [1.82, 2.24) is 0 Å². The first-order valence-corrected chi connectivity index (χ1v) is 4.53. The van der Waals surface area contributed by atoms with Crippen molar-refractivity contribution < 1.29 is 9.53 Å². The maximum atomic E-state index is 10.9. The molecule has 0 radical (unpaired) electrons. The molecule has 0 unspecified atom stereocenters. The van der Waals surface area contributed by atoms with Crippen molar-refractivity contribution in [3.8, 4) is 0 Å². The van der Waals surface area contributed by atoms with Gasteiger partial charge in [0.1, 0.15) is 0 Å². The lowest BCUT2D eigenvalue weighted by Crippen LogP contribution is -2.04. The highest BCUT2D eigenvalue weighted by Gasteiger charge is 2.03. The molecule has 0 aliphatic rings. The van der Waals surface area contributed by atoms with Gasteiger partial charge in [0.05, 0.1) is 13.0 Å². The second kappa shape index (κ2) is 6.89. The summed E-state index contributed by atoms with van der Waals surface area (Å²) >= 11 is 0. The van der Waals surface area contributed by atoms with Crippen molar-refractivity contribution in [3.63, 3.8) is 0 Å². The number of carbonyl (C=O) groups excluding carboxylic acids is 1. The number of esters is 1. The predicted octanol–water partition coefficient (Wildman–Crippen LogP) is 2.69. The number of ether oxygens (including phenoxy) is 1. The first-order valence-electron chi connectivity index (χ1n) is 4.53. The van der Waals surface area contributed by atoms with Crippen molar-refractivity contribution in [1.29, 1.82) is 0 Å². The number of hydrogen-bond donors (Lipinski definition) is 0. The van der Waals surface area contributed by atoms with E-state index in [1.54, 1.807) is 0 Å². The Hall–Kier alpha value is -0.790. The predicted molar refractivity (Wildman–Crippen MR) is 49.9 cm³/mol. The van der Waals surface area contributed by atoms with Crippen molar-refractivity contribution in [2.75, 3.05) is 6.61 Å². The lowest BCUT2D eigenvalue weighted by Gasteiger charge is -2.03. The quantitative estimate of drug-likeness (QED) is 0.452. The van der Waals surface area contributed by atoms with E-state index in [0.717, 1.165) is 24.8 Å². The van der Waals surface area contributed by atoms with Crippen LogP contribution in [0, 0.1) is 0 Å². The zero-order chi connectivity index (χ0) is 9.40. The van der Waals surface area contributed by atoms with Crippen molar-refractivity contribution in [2.24, 2.45) is 0 Å². The molecule has 0 saturated carbocycles. The molecule has 2 heteroatoms. The fourth-order valence-electron chi connectivity index (χ4n) is 0.931. The minimum atomic E-state index is -0.154. The third kappa shape index (κ3) is 5.96. The largest absolute Gasteiger partial charge is 0.466 e. The number of hydrogen-bond acceptors (Lipinski definition) is 2. The van der Waals surface area contributed by atoms with Crippen LogP contribution in [-0.4, -0.2) is 12.6 Å². The molecule has 0 saturated heterocycles. The summed E-state index contributed by atoms with van der Waals surface area (Å²) in [6, 6.07) is 0. The van der Waals surface area contributed by atoms with Crippen LogP contribution in [0.4, 0.5) is 0 Å². The third-order valence-corrected chi connectivity index (χ3v) is 1.58. The van der Waals surface area contributed by atoms with Gasteiger partial charge in [-0.2, -0.15) is 0 Å². The van der Waals surface area contributed by atoms with Crippen molar-refractivity contribution in [3.05, 3.63) is 12.2 Å². The van der Waals surface area contributed by atoms with Gasteiger partial charge in [0.25, 0.3) is 0 Å². The van der Waals surface area contributed by atoms with Crippen LogP contribution in [0.15, 0.2) is 12.2 Å². The Morgan fingerprint density at radius 2 is 2.08 bits per heavy atom. The molecule has 0 spiro atoms. The summed E-state index contributed by atoms with van der Waals surface area (Å²) in [5.74, 6) is -0.154. The second-order valence-electron chi connectivity index (χ2n) is 2.84. The summed E-state index contributed by atoms with van der Waals surface area (Å²) in [5, 5.41) is 0. The molecule has 0 rings (SSSR count). The van der Waals surface area contributed by atoms with Gasteiger partial charge in [-0.05, 0) is 19.8 Å². The highest BCUT2D eigenvalue weighted by molar-refractivity contribution is 5.72. The van der Waals surface area contributed by atoms with Gasteiger partial charge in [-0.15, -0.1) is 0 Å². The summed E-state index contributed by atoms with van der Waals surface area (Å²) in [5.41, 5.74) is 0.982. The van der Waals surface area contributed by atoms with Crippen LogP contribution < -0.4 is 0 Å². The molecule has 0 fully saturated rings. The number of unbranched alkanes of at least 4 members (excludes halogenated alkanes) is 1. The Labute approximate surface area is 74.6 Å². The lowest BCUT2D eigenvalue weighted by molar-refractivity contribution is -0.142. The topological polar surface area (TPSA) is 26.3 Å². The highest BCUT2D eigenvalue weighted by Crippen LogP contribution is 2.09. The molecule has 2 nitrogen and oxygen atoms in total.